The number of benzene rings is 1. The van der Waals surface area contributed by atoms with Crippen LogP contribution in [0.1, 0.15) is 12.5 Å². The van der Waals surface area contributed by atoms with Crippen LogP contribution < -0.4 is 10.2 Å². The molecule has 0 aliphatic rings. The fraction of sp³-hybridized carbons (Fsp3) is 0.533. The maximum atomic E-state index is 11.8. The van der Waals surface area contributed by atoms with Crippen LogP contribution in [0.3, 0.4) is 0 Å². The predicted octanol–water partition coefficient (Wildman–Crippen LogP) is 0.614. The van der Waals surface area contributed by atoms with Crippen LogP contribution >= 0.6 is 0 Å². The molecular weight excluding hydrogens is 384 g/mol. The Morgan fingerprint density at radius 2 is 2.12 bits per heavy atom. The topological polar surface area (TPSA) is 136 Å². The van der Waals surface area contributed by atoms with Gasteiger partial charge in [0.1, 0.15) is 11.7 Å². The first kappa shape index (κ1) is 22.4. The Kier molecular flexibility index (Phi) is 8.99. The van der Waals surface area contributed by atoms with Crippen LogP contribution in [-0.4, -0.2) is 65.5 Å². The first-order valence-electron chi connectivity index (χ1n) is 7.85. The molecule has 0 saturated heterocycles. The number of carbonyl (C=O) groups excluding carboxylic acids is 1. The summed E-state index contributed by atoms with van der Waals surface area (Å²) in [5, 5.41) is 10.6. The molecule has 0 aromatic heterocycles. The maximum absolute atomic E-state index is 11.8. The number of nitrogens with one attached hydrogen (secondary N) is 1. The number of sulfone groups is 1. The van der Waals surface area contributed by atoms with Crippen LogP contribution in [0.4, 0.5) is 16.2 Å². The van der Waals surface area contributed by atoms with Crippen molar-refractivity contribution in [3.05, 3.63) is 23.8 Å². The lowest BCUT2D eigenvalue weighted by Gasteiger charge is -2.23. The van der Waals surface area contributed by atoms with E-state index in [9.17, 15) is 22.0 Å². The lowest BCUT2D eigenvalue weighted by Crippen LogP contribution is -2.26. The lowest BCUT2D eigenvalue weighted by atomic mass is 10.1. The zero-order valence-electron chi connectivity index (χ0n) is 14.6. The van der Waals surface area contributed by atoms with Gasteiger partial charge in [-0.2, -0.15) is 0 Å². The van der Waals surface area contributed by atoms with Gasteiger partial charge in [-0.25, -0.2) is 13.2 Å². The number of carbonyl (C=O) groups is 1. The molecule has 0 spiro atoms. The molecule has 0 heterocycles. The molecule has 0 saturated carbocycles. The zero-order chi connectivity index (χ0) is 19.7. The van der Waals surface area contributed by atoms with Crippen molar-refractivity contribution < 1.29 is 31.8 Å². The summed E-state index contributed by atoms with van der Waals surface area (Å²) >= 11 is -2.71. The van der Waals surface area contributed by atoms with Crippen molar-refractivity contribution in [3.63, 3.8) is 0 Å². The monoisotopic (exact) mass is 407 g/mol. The molecule has 11 heteroatoms. The third-order valence-corrected chi connectivity index (χ3v) is 6.46. The summed E-state index contributed by atoms with van der Waals surface area (Å²) in [4.78, 5) is 13.7. The predicted molar refractivity (Wildman–Crippen MR) is 98.7 cm³/mol. The number of hydrogen-bond donors (Lipinski definition) is 2. The summed E-state index contributed by atoms with van der Waals surface area (Å²) in [5.74, 6) is -0.570. The molecule has 2 N–H and O–H groups in total. The molecule has 0 aliphatic heterocycles. The molecular formula is C15H23N2O7S2-. The van der Waals surface area contributed by atoms with Crippen LogP contribution in [0.15, 0.2) is 18.2 Å². The highest BCUT2D eigenvalue weighted by Gasteiger charge is 2.13. The van der Waals surface area contributed by atoms with Crippen molar-refractivity contribution >= 4 is 38.4 Å². The Labute approximate surface area is 155 Å². The van der Waals surface area contributed by atoms with Gasteiger partial charge < -0.3 is 19.3 Å². The van der Waals surface area contributed by atoms with Gasteiger partial charge in [-0.3, -0.25) is 9.53 Å². The van der Waals surface area contributed by atoms with E-state index in [1.165, 1.54) is 0 Å². The molecule has 1 rings (SSSR count). The number of hydrogen-bond acceptors (Lipinski definition) is 8. The Balaban J connectivity index is 2.60. The Bertz CT molecular complexity index is 738. The molecule has 0 radical (unpaired) electrons. The van der Waals surface area contributed by atoms with Crippen molar-refractivity contribution in [3.8, 4) is 0 Å². The number of aliphatic hydroxyl groups is 1. The van der Waals surface area contributed by atoms with E-state index < -0.39 is 44.5 Å². The Morgan fingerprint density at radius 1 is 1.42 bits per heavy atom. The second-order valence-corrected chi connectivity index (χ2v) is 8.88. The second-order valence-electron chi connectivity index (χ2n) is 5.43. The molecule has 148 valence electrons. The normalized spacial score (nSPS) is 12.5. The fourth-order valence-electron chi connectivity index (χ4n) is 2.19. The minimum atomic E-state index is -3.82. The van der Waals surface area contributed by atoms with Crippen molar-refractivity contribution in [2.45, 2.75) is 13.8 Å². The summed E-state index contributed by atoms with van der Waals surface area (Å²) in [6, 6.07) is 5.32. The fourth-order valence-corrected chi connectivity index (χ4v) is 4.17. The average Bonchev–Trinajstić information content (AvgIpc) is 2.53. The van der Waals surface area contributed by atoms with E-state index in [4.69, 9.17) is 9.84 Å². The summed E-state index contributed by atoms with van der Waals surface area (Å²) in [6.45, 7) is 4.56. The highest BCUT2D eigenvalue weighted by atomic mass is 32.3. The number of likely N-dealkylation sites (N-methyl/N-ethyl adjacent to an activating group) is 1. The number of rotatable bonds is 10. The minimum absolute atomic E-state index is 0.0298. The van der Waals surface area contributed by atoms with Crippen molar-refractivity contribution in [2.24, 2.45) is 0 Å². The van der Waals surface area contributed by atoms with Gasteiger partial charge in [0.25, 0.3) is 0 Å². The maximum Gasteiger partial charge on any atom is 0.411 e. The number of aliphatic hydroxyl groups excluding tert-OH is 1. The van der Waals surface area contributed by atoms with E-state index in [1.54, 1.807) is 19.1 Å². The van der Waals surface area contributed by atoms with E-state index in [0.29, 0.717) is 12.2 Å². The quantitative estimate of drug-likeness (QED) is 0.539. The van der Waals surface area contributed by atoms with E-state index >= 15 is 0 Å². The SMILES string of the molecule is CCN(CCO)c1ccc(NC(=O)OCCS(=O)(=O)CS(=O)[O-])c(C)c1. The smallest absolute Gasteiger partial charge is 0.411 e. The molecule has 1 unspecified atom stereocenters. The van der Waals surface area contributed by atoms with Crippen LogP contribution in [0, 0.1) is 6.92 Å². The highest BCUT2D eigenvalue weighted by molar-refractivity contribution is 8.03. The largest absolute Gasteiger partial charge is 0.772 e. The summed E-state index contributed by atoms with van der Waals surface area (Å²) < 4.78 is 48.4. The van der Waals surface area contributed by atoms with E-state index in [-0.39, 0.29) is 6.61 Å². The molecule has 0 fully saturated rings. The number of amides is 1. The molecule has 1 atom stereocenters. The van der Waals surface area contributed by atoms with Gasteiger partial charge in [0.15, 0.2) is 9.84 Å². The lowest BCUT2D eigenvalue weighted by molar-refractivity contribution is 0.168. The van der Waals surface area contributed by atoms with E-state index in [2.05, 4.69) is 5.32 Å². The van der Waals surface area contributed by atoms with Crippen molar-refractivity contribution in [1.29, 1.82) is 0 Å². The molecule has 1 aromatic rings. The Hall–Kier alpha value is -1.69. The Morgan fingerprint density at radius 3 is 2.65 bits per heavy atom. The van der Waals surface area contributed by atoms with E-state index in [1.807, 2.05) is 17.9 Å². The molecule has 0 bridgehead atoms. The van der Waals surface area contributed by atoms with Crippen molar-refractivity contribution in [2.75, 3.05) is 47.4 Å². The van der Waals surface area contributed by atoms with Gasteiger partial charge in [0.05, 0.1) is 12.4 Å². The number of aryl methyl sites for hydroxylation is 1. The first-order valence-corrected chi connectivity index (χ1v) is 10.9. The highest BCUT2D eigenvalue weighted by Crippen LogP contribution is 2.22. The van der Waals surface area contributed by atoms with E-state index in [0.717, 1.165) is 17.8 Å². The van der Waals surface area contributed by atoms with Gasteiger partial charge in [-0.1, -0.05) is 0 Å². The summed E-state index contributed by atoms with van der Waals surface area (Å²) in [6.07, 6.45) is -0.831. The second kappa shape index (κ2) is 10.5. The first-order chi connectivity index (χ1) is 12.2. The number of ether oxygens (including phenoxy) is 1. The minimum Gasteiger partial charge on any atom is -0.772 e. The van der Waals surface area contributed by atoms with Crippen LogP contribution in [0.5, 0.6) is 0 Å². The summed E-state index contributed by atoms with van der Waals surface area (Å²) in [5.41, 5.74) is 2.17. The van der Waals surface area contributed by atoms with Gasteiger partial charge in [0.2, 0.25) is 0 Å². The third-order valence-electron chi connectivity index (χ3n) is 3.47. The number of anilines is 2. The zero-order valence-corrected chi connectivity index (χ0v) is 16.3. The standard InChI is InChI=1S/C15H24N2O7S2/c1-3-17(6-7-18)13-4-5-14(12(2)10-13)16-15(19)24-8-9-26(22,23)11-25(20)21/h4-5,10,18H,3,6-9,11H2,1-2H3,(H,16,19)(H,20,21)/p-1. The summed E-state index contributed by atoms with van der Waals surface area (Å²) in [7, 11) is -3.82. The molecule has 1 amide bonds. The molecule has 9 nitrogen and oxygen atoms in total. The average molecular weight is 407 g/mol. The van der Waals surface area contributed by atoms with Gasteiger partial charge in [-0.05, 0) is 48.7 Å². The van der Waals surface area contributed by atoms with Gasteiger partial charge >= 0.3 is 6.09 Å². The van der Waals surface area contributed by atoms with Gasteiger partial charge in [0, 0.05) is 24.5 Å². The molecule has 1 aromatic carbocycles. The van der Waals surface area contributed by atoms with Crippen molar-refractivity contribution in [1.82, 2.24) is 0 Å². The van der Waals surface area contributed by atoms with Crippen LogP contribution in [-0.2, 0) is 25.7 Å². The number of nitrogens with zero attached hydrogens (tertiary/aromatic N) is 1. The van der Waals surface area contributed by atoms with Crippen LogP contribution in [0.25, 0.3) is 0 Å². The van der Waals surface area contributed by atoms with Gasteiger partial charge in [-0.15, -0.1) is 0 Å². The molecule has 26 heavy (non-hydrogen) atoms. The molecule has 0 aliphatic carbocycles. The van der Waals surface area contributed by atoms with Crippen LogP contribution in [0.2, 0.25) is 0 Å². The third kappa shape index (κ3) is 7.68.